The lowest BCUT2D eigenvalue weighted by Crippen LogP contribution is -2.53. The van der Waals surface area contributed by atoms with E-state index in [1.54, 1.807) is 0 Å². The Balaban J connectivity index is 4.34. The van der Waals surface area contributed by atoms with Gasteiger partial charge in [-0.05, 0) is 18.8 Å². The number of hydrogen-bond donors (Lipinski definition) is 2. The molecule has 0 aliphatic heterocycles. The number of nitrogens with two attached hydrogens (primary N) is 1. The van der Waals surface area contributed by atoms with Gasteiger partial charge in [0.05, 0.1) is 18.8 Å². The van der Waals surface area contributed by atoms with Crippen LogP contribution in [-0.4, -0.2) is 32.0 Å². The van der Waals surface area contributed by atoms with Crippen LogP contribution >= 0.6 is 0 Å². The number of nitrogens with one attached hydrogen (secondary N) is 1. The molecule has 0 amide bonds. The van der Waals surface area contributed by atoms with Crippen molar-refractivity contribution in [1.82, 2.24) is 5.43 Å². The molecule has 0 radical (unpaired) electrons. The van der Waals surface area contributed by atoms with E-state index in [4.69, 9.17) is 15.3 Å². The van der Waals surface area contributed by atoms with E-state index in [0.29, 0.717) is 13.2 Å². The van der Waals surface area contributed by atoms with Gasteiger partial charge in [-0.15, -0.1) is 0 Å². The Kier molecular flexibility index (Phi) is 7.93. The van der Waals surface area contributed by atoms with Gasteiger partial charge in [0.25, 0.3) is 0 Å². The van der Waals surface area contributed by atoms with Gasteiger partial charge in [-0.25, -0.2) is 0 Å². The zero-order chi connectivity index (χ0) is 12.6. The summed E-state index contributed by atoms with van der Waals surface area (Å²) in [5.41, 5.74) is 2.85. The van der Waals surface area contributed by atoms with Crippen molar-refractivity contribution in [2.75, 3.05) is 19.8 Å². The smallest absolute Gasteiger partial charge is 0.0811 e. The zero-order valence-electron chi connectivity index (χ0n) is 11.4. The van der Waals surface area contributed by atoms with Crippen LogP contribution in [0.25, 0.3) is 0 Å². The van der Waals surface area contributed by atoms with Gasteiger partial charge < -0.3 is 9.47 Å². The van der Waals surface area contributed by atoms with Gasteiger partial charge in [0.1, 0.15) is 0 Å². The van der Waals surface area contributed by atoms with Crippen molar-refractivity contribution < 1.29 is 9.47 Å². The van der Waals surface area contributed by atoms with Crippen LogP contribution in [0.4, 0.5) is 0 Å². The minimum absolute atomic E-state index is 0.0338. The second kappa shape index (κ2) is 8.01. The Morgan fingerprint density at radius 2 is 1.88 bits per heavy atom. The van der Waals surface area contributed by atoms with Crippen LogP contribution < -0.4 is 11.3 Å². The largest absolute Gasteiger partial charge is 0.380 e. The van der Waals surface area contributed by atoms with E-state index in [9.17, 15) is 0 Å². The maximum atomic E-state index is 5.77. The van der Waals surface area contributed by atoms with Gasteiger partial charge in [-0.1, -0.05) is 27.7 Å². The summed E-state index contributed by atoms with van der Waals surface area (Å²) >= 11 is 0. The molecule has 3 N–H and O–H groups in total. The van der Waals surface area contributed by atoms with Gasteiger partial charge >= 0.3 is 0 Å². The van der Waals surface area contributed by atoms with E-state index in [1.165, 1.54) is 0 Å². The summed E-state index contributed by atoms with van der Waals surface area (Å²) in [5.74, 6) is 5.57. The minimum atomic E-state index is 0.0338. The molecule has 0 bridgehead atoms. The van der Waals surface area contributed by atoms with E-state index < -0.39 is 0 Å². The summed E-state index contributed by atoms with van der Waals surface area (Å²) < 4.78 is 11.3. The van der Waals surface area contributed by atoms with E-state index >= 15 is 0 Å². The molecule has 0 saturated heterocycles. The first kappa shape index (κ1) is 15.8. The Morgan fingerprint density at radius 1 is 1.25 bits per heavy atom. The molecule has 2 unspecified atom stereocenters. The van der Waals surface area contributed by atoms with Crippen molar-refractivity contribution in [2.45, 2.75) is 53.2 Å². The third-order valence-corrected chi connectivity index (χ3v) is 2.43. The Labute approximate surface area is 99.8 Å². The molecule has 0 fully saturated rings. The highest BCUT2D eigenvalue weighted by molar-refractivity contribution is 4.85. The monoisotopic (exact) mass is 232 g/mol. The van der Waals surface area contributed by atoms with E-state index in [1.807, 2.05) is 6.92 Å². The fourth-order valence-corrected chi connectivity index (χ4v) is 1.73. The van der Waals surface area contributed by atoms with Crippen LogP contribution in [0.2, 0.25) is 0 Å². The van der Waals surface area contributed by atoms with Crippen molar-refractivity contribution in [3.8, 4) is 0 Å². The molecule has 0 aliphatic rings. The lowest BCUT2D eigenvalue weighted by molar-refractivity contribution is -0.0557. The average Bonchev–Trinajstić information content (AvgIpc) is 2.20. The minimum Gasteiger partial charge on any atom is -0.380 e. The maximum absolute atomic E-state index is 5.77. The number of rotatable bonds is 8. The van der Waals surface area contributed by atoms with Crippen molar-refractivity contribution in [3.63, 3.8) is 0 Å². The standard InChI is InChI=1S/C12H28N2O2/c1-6-8-15-9-10(14-13)11(16-7-2)12(3,4)5/h10-11,14H,6-9,13H2,1-5H3. The molecular weight excluding hydrogens is 204 g/mol. The van der Waals surface area contributed by atoms with Crippen LogP contribution in [0.5, 0.6) is 0 Å². The molecule has 0 aromatic heterocycles. The second-order valence-electron chi connectivity index (χ2n) is 5.09. The van der Waals surface area contributed by atoms with Gasteiger partial charge in [-0.2, -0.15) is 0 Å². The van der Waals surface area contributed by atoms with Crippen LogP contribution in [-0.2, 0) is 9.47 Å². The van der Waals surface area contributed by atoms with Gasteiger partial charge in [0.2, 0.25) is 0 Å². The molecule has 4 heteroatoms. The Hall–Kier alpha value is -0.160. The van der Waals surface area contributed by atoms with Crippen molar-refractivity contribution >= 4 is 0 Å². The zero-order valence-corrected chi connectivity index (χ0v) is 11.4. The summed E-state index contributed by atoms with van der Waals surface area (Å²) in [4.78, 5) is 0. The summed E-state index contributed by atoms with van der Waals surface area (Å²) in [5, 5.41) is 0. The summed E-state index contributed by atoms with van der Waals surface area (Å²) in [6.07, 6.45) is 1.07. The van der Waals surface area contributed by atoms with Crippen molar-refractivity contribution in [2.24, 2.45) is 11.3 Å². The third-order valence-electron chi connectivity index (χ3n) is 2.43. The quantitative estimate of drug-likeness (QED) is 0.380. The van der Waals surface area contributed by atoms with Crippen LogP contribution in [0, 0.1) is 5.41 Å². The molecule has 2 atom stereocenters. The van der Waals surface area contributed by atoms with E-state index in [-0.39, 0.29) is 17.6 Å². The molecule has 0 aromatic carbocycles. The normalized spacial score (nSPS) is 16.1. The molecule has 16 heavy (non-hydrogen) atoms. The predicted octanol–water partition coefficient (Wildman–Crippen LogP) is 1.70. The molecule has 0 rings (SSSR count). The van der Waals surface area contributed by atoms with Gasteiger partial charge in [-0.3, -0.25) is 11.3 Å². The SMILES string of the molecule is CCCOCC(NN)C(OCC)C(C)(C)C. The van der Waals surface area contributed by atoms with Gasteiger partial charge in [0, 0.05) is 13.2 Å². The van der Waals surface area contributed by atoms with E-state index in [2.05, 4.69) is 33.1 Å². The van der Waals surface area contributed by atoms with Crippen LogP contribution in [0.15, 0.2) is 0 Å². The van der Waals surface area contributed by atoms with E-state index in [0.717, 1.165) is 13.0 Å². The second-order valence-corrected chi connectivity index (χ2v) is 5.09. The van der Waals surface area contributed by atoms with Crippen molar-refractivity contribution in [1.29, 1.82) is 0 Å². The molecular formula is C12H28N2O2. The van der Waals surface area contributed by atoms with Gasteiger partial charge in [0.15, 0.2) is 0 Å². The Bertz CT molecular complexity index is 169. The highest BCUT2D eigenvalue weighted by Gasteiger charge is 2.32. The lowest BCUT2D eigenvalue weighted by atomic mass is 9.85. The lowest BCUT2D eigenvalue weighted by Gasteiger charge is -2.36. The summed E-state index contributed by atoms with van der Waals surface area (Å²) in [6, 6.07) is 0.0338. The molecule has 0 heterocycles. The van der Waals surface area contributed by atoms with Crippen LogP contribution in [0.3, 0.4) is 0 Å². The first-order valence-corrected chi connectivity index (χ1v) is 6.12. The number of hydrogen-bond acceptors (Lipinski definition) is 4. The number of hydrazine groups is 1. The fourth-order valence-electron chi connectivity index (χ4n) is 1.73. The average molecular weight is 232 g/mol. The molecule has 98 valence electrons. The first-order chi connectivity index (χ1) is 7.47. The maximum Gasteiger partial charge on any atom is 0.0811 e. The summed E-state index contributed by atoms with van der Waals surface area (Å²) in [6.45, 7) is 12.6. The highest BCUT2D eigenvalue weighted by atomic mass is 16.5. The predicted molar refractivity (Wildman–Crippen MR) is 67.1 cm³/mol. The van der Waals surface area contributed by atoms with Crippen LogP contribution in [0.1, 0.15) is 41.0 Å². The number of ether oxygens (including phenoxy) is 2. The molecule has 0 aromatic rings. The first-order valence-electron chi connectivity index (χ1n) is 6.12. The molecule has 0 aliphatic carbocycles. The third kappa shape index (κ3) is 5.80. The highest BCUT2D eigenvalue weighted by Crippen LogP contribution is 2.25. The summed E-state index contributed by atoms with van der Waals surface area (Å²) in [7, 11) is 0. The molecule has 4 nitrogen and oxygen atoms in total. The fraction of sp³-hybridized carbons (Fsp3) is 1.00. The molecule has 0 spiro atoms. The molecule has 0 saturated carbocycles. The van der Waals surface area contributed by atoms with Crippen molar-refractivity contribution in [3.05, 3.63) is 0 Å². The Morgan fingerprint density at radius 3 is 2.25 bits per heavy atom. The topological polar surface area (TPSA) is 56.5 Å².